The minimum absolute atomic E-state index is 0.00688. The van der Waals surface area contributed by atoms with Crippen LogP contribution in [-0.4, -0.2) is 70.4 Å². The molecular formula is C19H33N3O5S. The molecule has 0 aliphatic heterocycles. The molecule has 0 amide bonds. The second kappa shape index (κ2) is 12.6. The summed E-state index contributed by atoms with van der Waals surface area (Å²) in [5, 5.41) is 16.6. The van der Waals surface area contributed by atoms with Gasteiger partial charge in [0.05, 0.1) is 37.7 Å². The number of aliphatic hydroxyl groups excluding tert-OH is 1. The highest BCUT2D eigenvalue weighted by Gasteiger charge is 2.09. The van der Waals surface area contributed by atoms with Crippen molar-refractivity contribution in [2.45, 2.75) is 33.0 Å². The smallest absolute Gasteiger partial charge is 0.191 e. The van der Waals surface area contributed by atoms with E-state index < -0.39 is 15.9 Å². The lowest BCUT2D eigenvalue weighted by Gasteiger charge is -2.15. The van der Waals surface area contributed by atoms with Gasteiger partial charge in [-0.2, -0.15) is 0 Å². The van der Waals surface area contributed by atoms with Gasteiger partial charge in [0.25, 0.3) is 0 Å². The Labute approximate surface area is 168 Å². The van der Waals surface area contributed by atoms with Gasteiger partial charge in [0.15, 0.2) is 5.96 Å². The number of hydrogen-bond acceptors (Lipinski definition) is 6. The zero-order valence-electron chi connectivity index (χ0n) is 17.1. The van der Waals surface area contributed by atoms with E-state index in [2.05, 4.69) is 15.6 Å². The number of guanidine groups is 1. The number of aliphatic hydroxyl groups is 1. The molecular weight excluding hydrogens is 382 g/mol. The predicted molar refractivity (Wildman–Crippen MR) is 112 cm³/mol. The van der Waals surface area contributed by atoms with E-state index in [4.69, 9.17) is 9.47 Å². The van der Waals surface area contributed by atoms with Crippen molar-refractivity contribution in [1.29, 1.82) is 0 Å². The summed E-state index contributed by atoms with van der Waals surface area (Å²) in [6.07, 6.45) is 0.493. The molecule has 0 aliphatic carbocycles. The van der Waals surface area contributed by atoms with Crippen LogP contribution in [0.25, 0.3) is 0 Å². The lowest BCUT2D eigenvalue weighted by molar-refractivity contribution is 0.154. The average molecular weight is 416 g/mol. The third-order valence-corrected chi connectivity index (χ3v) is 4.43. The lowest BCUT2D eigenvalue weighted by atomic mass is 10.1. The van der Waals surface area contributed by atoms with Crippen LogP contribution in [0.5, 0.6) is 5.75 Å². The van der Waals surface area contributed by atoms with Gasteiger partial charge in [-0.15, -0.1) is 0 Å². The molecule has 0 fully saturated rings. The van der Waals surface area contributed by atoms with Crippen molar-refractivity contribution >= 4 is 15.8 Å². The highest BCUT2D eigenvalue weighted by Crippen LogP contribution is 2.20. The van der Waals surface area contributed by atoms with Crippen molar-refractivity contribution in [3.8, 4) is 5.75 Å². The van der Waals surface area contributed by atoms with Crippen molar-refractivity contribution in [3.63, 3.8) is 0 Å². The second-order valence-electron chi connectivity index (χ2n) is 6.64. The first kappa shape index (κ1) is 24.2. The number of benzene rings is 1. The molecule has 9 heteroatoms. The summed E-state index contributed by atoms with van der Waals surface area (Å²) < 4.78 is 33.0. The van der Waals surface area contributed by atoms with E-state index in [9.17, 15) is 13.5 Å². The molecule has 1 aromatic carbocycles. The Kier molecular flexibility index (Phi) is 10.9. The van der Waals surface area contributed by atoms with Crippen LogP contribution in [0.2, 0.25) is 0 Å². The predicted octanol–water partition coefficient (Wildman–Crippen LogP) is 1.12. The zero-order chi connectivity index (χ0) is 21.0. The SMILES string of the molecule is CCNC(=NCC(O)c1cccc(OC(C)C)c1)NCCOCCS(C)(=O)=O. The van der Waals surface area contributed by atoms with Crippen molar-refractivity contribution in [2.24, 2.45) is 4.99 Å². The van der Waals surface area contributed by atoms with Gasteiger partial charge >= 0.3 is 0 Å². The molecule has 8 nitrogen and oxygen atoms in total. The molecule has 1 unspecified atom stereocenters. The maximum absolute atomic E-state index is 11.0. The van der Waals surface area contributed by atoms with E-state index in [0.29, 0.717) is 31.4 Å². The van der Waals surface area contributed by atoms with Crippen LogP contribution >= 0.6 is 0 Å². The van der Waals surface area contributed by atoms with Crippen LogP contribution < -0.4 is 15.4 Å². The first-order valence-corrected chi connectivity index (χ1v) is 11.5. The van der Waals surface area contributed by atoms with E-state index in [0.717, 1.165) is 5.56 Å². The van der Waals surface area contributed by atoms with Crippen molar-refractivity contribution in [1.82, 2.24) is 10.6 Å². The number of rotatable bonds is 12. The first-order valence-electron chi connectivity index (χ1n) is 9.43. The average Bonchev–Trinajstić information content (AvgIpc) is 2.61. The summed E-state index contributed by atoms with van der Waals surface area (Å²) in [4.78, 5) is 4.39. The maximum Gasteiger partial charge on any atom is 0.191 e. The molecule has 0 bridgehead atoms. The summed E-state index contributed by atoms with van der Waals surface area (Å²) in [7, 11) is -3.01. The van der Waals surface area contributed by atoms with Crippen molar-refractivity contribution in [3.05, 3.63) is 29.8 Å². The first-order chi connectivity index (χ1) is 13.2. The topological polar surface area (TPSA) is 109 Å². The summed E-state index contributed by atoms with van der Waals surface area (Å²) in [6.45, 7) is 7.72. The maximum atomic E-state index is 11.0. The van der Waals surface area contributed by atoms with E-state index in [1.165, 1.54) is 6.26 Å². The normalized spacial score (nSPS) is 13.4. The highest BCUT2D eigenvalue weighted by atomic mass is 32.2. The number of nitrogens with zero attached hydrogens (tertiary/aromatic N) is 1. The van der Waals surface area contributed by atoms with E-state index >= 15 is 0 Å². The summed E-state index contributed by atoms with van der Waals surface area (Å²) in [5.41, 5.74) is 0.738. The molecule has 1 aromatic rings. The fourth-order valence-corrected chi connectivity index (χ4v) is 2.67. The van der Waals surface area contributed by atoms with Crippen LogP contribution in [0, 0.1) is 0 Å². The molecule has 1 atom stereocenters. The standard InChI is InChI=1S/C19H33N3O5S/c1-5-20-19(21-9-10-26-11-12-28(4,24)25)22-14-18(23)16-7-6-8-17(13-16)27-15(2)3/h6-8,13,15,18,23H,5,9-12,14H2,1-4H3,(H2,20,21,22). The second-order valence-corrected chi connectivity index (χ2v) is 8.90. The molecule has 0 heterocycles. The van der Waals surface area contributed by atoms with Crippen LogP contribution in [0.4, 0.5) is 0 Å². The van der Waals surface area contributed by atoms with Gasteiger partial charge < -0.3 is 25.2 Å². The largest absolute Gasteiger partial charge is 0.491 e. The fraction of sp³-hybridized carbons (Fsp3) is 0.632. The number of sulfone groups is 1. The third kappa shape index (κ3) is 11.1. The molecule has 0 saturated carbocycles. The Morgan fingerprint density at radius 3 is 2.64 bits per heavy atom. The molecule has 0 saturated heterocycles. The minimum Gasteiger partial charge on any atom is -0.491 e. The summed E-state index contributed by atoms with van der Waals surface area (Å²) in [6, 6.07) is 7.35. The van der Waals surface area contributed by atoms with Crippen LogP contribution in [0.15, 0.2) is 29.3 Å². The molecule has 0 aromatic heterocycles. The number of nitrogens with one attached hydrogen (secondary N) is 2. The molecule has 0 aliphatic rings. The fourth-order valence-electron chi connectivity index (χ4n) is 2.25. The van der Waals surface area contributed by atoms with Gasteiger partial charge in [-0.1, -0.05) is 12.1 Å². The molecule has 1 rings (SSSR count). The van der Waals surface area contributed by atoms with Gasteiger partial charge in [0, 0.05) is 19.3 Å². The Bertz CT molecular complexity index is 707. The number of aliphatic imine (C=N–C) groups is 1. The molecule has 160 valence electrons. The minimum atomic E-state index is -3.01. The Hall–Kier alpha value is -1.84. The van der Waals surface area contributed by atoms with Gasteiger partial charge in [-0.3, -0.25) is 4.99 Å². The molecule has 0 radical (unpaired) electrons. The van der Waals surface area contributed by atoms with Crippen molar-refractivity contribution < 1.29 is 23.0 Å². The van der Waals surface area contributed by atoms with E-state index in [1.54, 1.807) is 0 Å². The van der Waals surface area contributed by atoms with Gasteiger partial charge in [0.1, 0.15) is 15.6 Å². The van der Waals surface area contributed by atoms with Crippen LogP contribution in [-0.2, 0) is 14.6 Å². The molecule has 3 N–H and O–H groups in total. The number of hydrogen-bond donors (Lipinski definition) is 3. The lowest BCUT2D eigenvalue weighted by Crippen LogP contribution is -2.39. The Balaban J connectivity index is 2.50. The highest BCUT2D eigenvalue weighted by molar-refractivity contribution is 7.90. The molecule has 0 spiro atoms. The van der Waals surface area contributed by atoms with Crippen molar-refractivity contribution in [2.75, 3.05) is 44.9 Å². The monoisotopic (exact) mass is 415 g/mol. The van der Waals surface area contributed by atoms with Crippen LogP contribution in [0.1, 0.15) is 32.4 Å². The zero-order valence-corrected chi connectivity index (χ0v) is 18.0. The number of ether oxygens (including phenoxy) is 2. The summed E-state index contributed by atoms with van der Waals surface area (Å²) >= 11 is 0. The van der Waals surface area contributed by atoms with E-state index in [1.807, 2.05) is 45.0 Å². The van der Waals surface area contributed by atoms with Gasteiger partial charge in [-0.05, 0) is 38.5 Å². The Morgan fingerprint density at radius 1 is 1.25 bits per heavy atom. The van der Waals surface area contributed by atoms with Crippen LogP contribution in [0.3, 0.4) is 0 Å². The summed E-state index contributed by atoms with van der Waals surface area (Å²) in [5.74, 6) is 1.28. The van der Waals surface area contributed by atoms with Gasteiger partial charge in [0.2, 0.25) is 0 Å². The third-order valence-electron chi connectivity index (χ3n) is 3.52. The van der Waals surface area contributed by atoms with E-state index in [-0.39, 0.29) is 25.0 Å². The quantitative estimate of drug-likeness (QED) is 0.267. The van der Waals surface area contributed by atoms with Gasteiger partial charge in [-0.25, -0.2) is 8.42 Å². The molecule has 28 heavy (non-hydrogen) atoms. The Morgan fingerprint density at radius 2 is 2.00 bits per heavy atom.